The van der Waals surface area contributed by atoms with Crippen molar-refractivity contribution in [1.29, 1.82) is 0 Å². The summed E-state index contributed by atoms with van der Waals surface area (Å²) in [5, 5.41) is 15.8. The lowest BCUT2D eigenvalue weighted by Crippen LogP contribution is -2.39. The molecule has 8 heteroatoms. The molecule has 1 aliphatic heterocycles. The molecule has 140 valence electrons. The highest BCUT2D eigenvalue weighted by Gasteiger charge is 2.29. The van der Waals surface area contributed by atoms with Gasteiger partial charge in [-0.3, -0.25) is 13.9 Å². The van der Waals surface area contributed by atoms with Crippen molar-refractivity contribution in [3.05, 3.63) is 62.4 Å². The van der Waals surface area contributed by atoms with E-state index in [0.29, 0.717) is 12.1 Å². The number of nitrogens with one attached hydrogen (secondary N) is 1. The highest BCUT2D eigenvalue weighted by atomic mass is 16.3. The van der Waals surface area contributed by atoms with E-state index in [2.05, 4.69) is 40.3 Å². The summed E-state index contributed by atoms with van der Waals surface area (Å²) in [5.74, 6) is -0.361. The molecule has 27 heavy (non-hydrogen) atoms. The van der Waals surface area contributed by atoms with Gasteiger partial charge in [0.05, 0.1) is 11.8 Å². The lowest BCUT2D eigenvalue weighted by atomic mass is 9.99. The van der Waals surface area contributed by atoms with E-state index in [1.54, 1.807) is 0 Å². The van der Waals surface area contributed by atoms with Crippen molar-refractivity contribution in [3.63, 3.8) is 0 Å². The van der Waals surface area contributed by atoms with Crippen LogP contribution in [0.5, 0.6) is 5.88 Å². The number of benzene rings is 1. The van der Waals surface area contributed by atoms with Gasteiger partial charge in [0.25, 0.3) is 5.56 Å². The summed E-state index contributed by atoms with van der Waals surface area (Å²) in [5.41, 5.74) is 4.71. The second-order valence-corrected chi connectivity index (χ2v) is 6.74. The molecular weight excluding hydrogens is 346 g/mol. The van der Waals surface area contributed by atoms with Gasteiger partial charge in [0.15, 0.2) is 0 Å². The molecule has 2 N–H and O–H groups in total. The number of hydrogen-bond acceptors (Lipinski definition) is 5. The van der Waals surface area contributed by atoms with Crippen LogP contribution in [0.15, 0.2) is 45.2 Å². The molecule has 0 aliphatic carbocycles. The number of hydrogen-bond donors (Lipinski definition) is 2. The smallest absolute Gasteiger partial charge is 0.333 e. The number of hydrazone groups is 1. The van der Waals surface area contributed by atoms with Crippen LogP contribution in [0.25, 0.3) is 10.9 Å². The highest BCUT2D eigenvalue weighted by molar-refractivity contribution is 6.03. The van der Waals surface area contributed by atoms with Gasteiger partial charge in [-0.2, -0.15) is 5.10 Å². The van der Waals surface area contributed by atoms with Gasteiger partial charge in [-0.05, 0) is 13.0 Å². The van der Waals surface area contributed by atoms with Crippen LogP contribution in [-0.4, -0.2) is 24.5 Å². The summed E-state index contributed by atoms with van der Waals surface area (Å²) in [6.45, 7) is 2.94. The van der Waals surface area contributed by atoms with E-state index in [4.69, 9.17) is 0 Å². The number of aromatic hydroxyl groups is 1. The summed E-state index contributed by atoms with van der Waals surface area (Å²) >= 11 is 0. The number of rotatable bonds is 3. The largest absolute Gasteiger partial charge is 0.494 e. The maximum Gasteiger partial charge on any atom is 0.333 e. The lowest BCUT2D eigenvalue weighted by molar-refractivity contribution is 0.410. The fourth-order valence-corrected chi connectivity index (χ4v) is 3.68. The number of nitrogens with zero attached hydrogens (tertiary/aromatic N) is 4. The number of aromatic nitrogens is 3. The van der Waals surface area contributed by atoms with Crippen LogP contribution < -0.4 is 16.7 Å². The lowest BCUT2D eigenvalue weighted by Gasteiger charge is -2.11. The van der Waals surface area contributed by atoms with Gasteiger partial charge >= 0.3 is 5.69 Å². The topological polar surface area (TPSA) is 93.5 Å². The molecule has 1 atom stereocenters. The Kier molecular flexibility index (Phi) is 3.91. The van der Waals surface area contributed by atoms with Gasteiger partial charge in [0.1, 0.15) is 5.56 Å². The summed E-state index contributed by atoms with van der Waals surface area (Å²) in [6, 6.07) is 8.04. The molecule has 4 rings (SSSR count). The van der Waals surface area contributed by atoms with Crippen molar-refractivity contribution in [2.75, 3.05) is 0 Å². The first kappa shape index (κ1) is 17.1. The van der Waals surface area contributed by atoms with Crippen LogP contribution >= 0.6 is 0 Å². The summed E-state index contributed by atoms with van der Waals surface area (Å²) < 4.78 is 4.20. The van der Waals surface area contributed by atoms with Crippen LogP contribution in [0.2, 0.25) is 0 Å². The van der Waals surface area contributed by atoms with Crippen molar-refractivity contribution >= 4 is 16.6 Å². The Labute approximate surface area is 155 Å². The van der Waals surface area contributed by atoms with E-state index in [0.717, 1.165) is 32.1 Å². The predicted molar refractivity (Wildman–Crippen MR) is 103 cm³/mol. The molecule has 2 aromatic heterocycles. The minimum absolute atomic E-state index is 0.0637. The first-order valence-electron chi connectivity index (χ1n) is 8.83. The van der Waals surface area contributed by atoms with E-state index in [-0.39, 0.29) is 17.5 Å². The second-order valence-electron chi connectivity index (χ2n) is 6.74. The summed E-state index contributed by atoms with van der Waals surface area (Å²) in [7, 11) is 2.82. The molecule has 0 radical (unpaired) electrons. The molecule has 0 fully saturated rings. The average molecular weight is 367 g/mol. The van der Waals surface area contributed by atoms with Crippen molar-refractivity contribution in [1.82, 2.24) is 19.1 Å². The maximum atomic E-state index is 12.5. The first-order valence-corrected chi connectivity index (χ1v) is 8.83. The number of para-hydroxylation sites is 1. The third-order valence-corrected chi connectivity index (χ3v) is 5.21. The molecule has 1 aromatic carbocycles. The standard InChI is InChI=1S/C19H21N5O3/c1-4-24-10-12(11-7-5-6-8-15(11)24)13-9-14(21-20-13)16-17(25)22(2)19(27)23(3)18(16)26/h5-8,10,13,20,25H,4,9H2,1-3H3. The van der Waals surface area contributed by atoms with Gasteiger partial charge in [-0.25, -0.2) is 4.79 Å². The van der Waals surface area contributed by atoms with E-state index in [1.807, 2.05) is 12.1 Å². The van der Waals surface area contributed by atoms with Gasteiger partial charge in [0, 0.05) is 49.7 Å². The summed E-state index contributed by atoms with van der Waals surface area (Å²) in [4.78, 5) is 24.5. The fraction of sp³-hybridized carbons (Fsp3) is 0.316. The van der Waals surface area contributed by atoms with Crippen LogP contribution in [0.1, 0.15) is 30.5 Å². The van der Waals surface area contributed by atoms with E-state index in [1.165, 1.54) is 14.1 Å². The fourth-order valence-electron chi connectivity index (χ4n) is 3.68. The zero-order valence-electron chi connectivity index (χ0n) is 15.4. The van der Waals surface area contributed by atoms with Gasteiger partial charge in [-0.1, -0.05) is 18.2 Å². The van der Waals surface area contributed by atoms with Crippen molar-refractivity contribution in [2.24, 2.45) is 19.2 Å². The Morgan fingerprint density at radius 3 is 2.70 bits per heavy atom. The van der Waals surface area contributed by atoms with Crippen molar-refractivity contribution < 1.29 is 5.11 Å². The average Bonchev–Trinajstić information content (AvgIpc) is 3.29. The quantitative estimate of drug-likeness (QED) is 0.727. The number of fused-ring (bicyclic) bond motifs is 1. The zero-order valence-corrected chi connectivity index (χ0v) is 15.4. The number of aryl methyl sites for hydroxylation is 1. The first-order chi connectivity index (χ1) is 12.9. The second kappa shape index (κ2) is 6.15. The Bertz CT molecular complexity index is 1200. The minimum atomic E-state index is -0.574. The van der Waals surface area contributed by atoms with E-state index >= 15 is 0 Å². The molecule has 3 heterocycles. The third-order valence-electron chi connectivity index (χ3n) is 5.21. The molecule has 0 saturated carbocycles. The monoisotopic (exact) mass is 367 g/mol. The Morgan fingerprint density at radius 1 is 1.22 bits per heavy atom. The summed E-state index contributed by atoms with van der Waals surface area (Å²) in [6.07, 6.45) is 2.54. The maximum absolute atomic E-state index is 12.5. The predicted octanol–water partition coefficient (Wildman–Crippen LogP) is 1.20. The van der Waals surface area contributed by atoms with Gasteiger partial charge in [0.2, 0.25) is 5.88 Å². The molecule has 1 unspecified atom stereocenters. The molecule has 0 amide bonds. The Balaban J connectivity index is 1.76. The molecule has 1 aliphatic rings. The van der Waals surface area contributed by atoms with E-state index in [9.17, 15) is 14.7 Å². The molecule has 3 aromatic rings. The van der Waals surface area contributed by atoms with Crippen molar-refractivity contribution in [3.8, 4) is 5.88 Å². The minimum Gasteiger partial charge on any atom is -0.494 e. The van der Waals surface area contributed by atoms with Crippen LogP contribution in [0, 0.1) is 0 Å². The van der Waals surface area contributed by atoms with E-state index < -0.39 is 11.2 Å². The SMILES string of the molecule is CCn1cc(C2CC(c3c(O)n(C)c(=O)n(C)c3=O)=NN2)c2ccccc21. The normalized spacial score (nSPS) is 16.6. The molecule has 0 spiro atoms. The molecule has 0 saturated heterocycles. The zero-order chi connectivity index (χ0) is 19.3. The Morgan fingerprint density at radius 2 is 1.96 bits per heavy atom. The van der Waals surface area contributed by atoms with Gasteiger partial charge in [-0.15, -0.1) is 0 Å². The van der Waals surface area contributed by atoms with Crippen LogP contribution in [0.3, 0.4) is 0 Å². The Hall–Kier alpha value is -3.29. The van der Waals surface area contributed by atoms with Crippen LogP contribution in [-0.2, 0) is 20.6 Å². The van der Waals surface area contributed by atoms with Crippen molar-refractivity contribution in [2.45, 2.75) is 25.9 Å². The molecule has 0 bridgehead atoms. The molecule has 8 nitrogen and oxygen atoms in total. The van der Waals surface area contributed by atoms with Crippen LogP contribution in [0.4, 0.5) is 0 Å². The highest BCUT2D eigenvalue weighted by Crippen LogP contribution is 2.32. The van der Waals surface area contributed by atoms with Gasteiger partial charge < -0.3 is 15.1 Å². The third kappa shape index (κ3) is 2.48. The molecular formula is C19H21N5O3.